The van der Waals surface area contributed by atoms with Gasteiger partial charge in [-0.15, -0.1) is 0 Å². The second-order valence-corrected chi connectivity index (χ2v) is 13.6. The van der Waals surface area contributed by atoms with Crippen molar-refractivity contribution >= 4 is 0 Å². The first-order chi connectivity index (χ1) is 17.7. The largest absolute Gasteiger partial charge is 0.365 e. The first kappa shape index (κ1) is 28.4. The minimum atomic E-state index is 0.147. The van der Waals surface area contributed by atoms with Gasteiger partial charge in [0.15, 0.2) is 0 Å². The lowest BCUT2D eigenvalue weighted by molar-refractivity contribution is -0.116. The Hall–Kier alpha value is -1.60. The van der Waals surface area contributed by atoms with Crippen LogP contribution in [0.5, 0.6) is 0 Å². The van der Waals surface area contributed by atoms with Crippen molar-refractivity contribution in [1.82, 2.24) is 0 Å². The highest BCUT2D eigenvalue weighted by Crippen LogP contribution is 2.51. The first-order valence-corrected chi connectivity index (χ1v) is 15.4. The Bertz CT molecular complexity index is 910. The van der Waals surface area contributed by atoms with Crippen LogP contribution in [-0.4, -0.2) is 0 Å². The average Bonchev–Trinajstić information content (AvgIpc) is 2.87. The summed E-state index contributed by atoms with van der Waals surface area (Å²) in [5.74, 6) is 5.57. The van der Waals surface area contributed by atoms with Crippen molar-refractivity contribution in [2.45, 2.75) is 106 Å². The van der Waals surface area contributed by atoms with Crippen molar-refractivity contribution in [3.63, 3.8) is 0 Å². The van der Waals surface area contributed by atoms with Gasteiger partial charge in [0, 0.05) is 0 Å². The predicted molar refractivity (Wildman–Crippen MR) is 159 cm³/mol. The first-order valence-electron chi connectivity index (χ1n) is 15.4. The molecule has 0 aromatic heterocycles. The van der Waals surface area contributed by atoms with Crippen LogP contribution in [0.1, 0.15) is 115 Å². The van der Waals surface area contributed by atoms with Gasteiger partial charge in [0.1, 0.15) is 0 Å². The third kappa shape index (κ3) is 6.52. The molecule has 8 atom stereocenters. The Morgan fingerprint density at radius 2 is 0.973 bits per heavy atom. The van der Waals surface area contributed by atoms with Gasteiger partial charge in [-0.2, -0.15) is 0 Å². The van der Waals surface area contributed by atoms with Crippen molar-refractivity contribution in [1.29, 1.82) is 0 Å². The Labute approximate surface area is 228 Å². The molecule has 8 unspecified atom stereocenters. The zero-order valence-electron chi connectivity index (χ0n) is 25.0. The summed E-state index contributed by atoms with van der Waals surface area (Å²) < 4.78 is 7.66. The van der Waals surface area contributed by atoms with Gasteiger partial charge in [-0.25, -0.2) is 0 Å². The van der Waals surface area contributed by atoms with E-state index in [9.17, 15) is 0 Å². The second kappa shape index (κ2) is 12.5. The summed E-state index contributed by atoms with van der Waals surface area (Å²) >= 11 is 0. The molecule has 0 N–H and O–H groups in total. The molecule has 2 aliphatic rings. The lowest BCUT2D eigenvalue weighted by atomic mass is 9.67. The zero-order chi connectivity index (χ0) is 26.7. The summed E-state index contributed by atoms with van der Waals surface area (Å²) in [5, 5.41) is 0. The van der Waals surface area contributed by atoms with E-state index in [1.54, 1.807) is 0 Å². The fourth-order valence-electron chi connectivity index (χ4n) is 7.62. The molecule has 2 fully saturated rings. The maximum absolute atomic E-state index is 7.66. The van der Waals surface area contributed by atoms with Crippen molar-refractivity contribution < 1.29 is 4.74 Å². The van der Waals surface area contributed by atoms with Crippen LogP contribution in [0.15, 0.2) is 48.5 Å². The molecule has 0 radical (unpaired) electrons. The lowest BCUT2D eigenvalue weighted by Crippen LogP contribution is -2.36. The molecule has 0 amide bonds. The maximum Gasteiger partial charge on any atom is 0.0866 e. The molecule has 1 nitrogen and oxygen atoms in total. The van der Waals surface area contributed by atoms with Crippen LogP contribution < -0.4 is 0 Å². The Balaban J connectivity index is 1.78. The fourth-order valence-corrected chi connectivity index (χ4v) is 7.62. The number of ether oxygens (including phenoxy) is 1. The van der Waals surface area contributed by atoms with Crippen LogP contribution in [0, 0.1) is 61.2 Å². The molecule has 2 aromatic carbocycles. The minimum Gasteiger partial charge on any atom is -0.365 e. The Kier molecular flexibility index (Phi) is 9.60. The number of aryl methyl sites for hydroxylation is 2. The second-order valence-electron chi connectivity index (χ2n) is 13.6. The average molecular weight is 503 g/mol. The van der Waals surface area contributed by atoms with Crippen LogP contribution in [0.3, 0.4) is 0 Å². The summed E-state index contributed by atoms with van der Waals surface area (Å²) in [5.41, 5.74) is 5.61. The molecule has 2 saturated carbocycles. The summed E-state index contributed by atoms with van der Waals surface area (Å²) in [6.45, 7) is 19.3. The molecule has 37 heavy (non-hydrogen) atoms. The van der Waals surface area contributed by atoms with Crippen LogP contribution >= 0.6 is 0 Å². The van der Waals surface area contributed by atoms with Crippen LogP contribution in [0.4, 0.5) is 0 Å². The standard InChI is InChI=1S/C36H54O/c1-23(2)29-19-17-27(7)33(21-29)35(31-15-11-9-13-25(31)5)37-36(32-16-12-10-14-26(32)6)34-22-30(24(3)4)20-18-28(34)8/h9-16,23-24,27-30,33-36H,17-22H2,1-8H3. The number of hydrogen-bond acceptors (Lipinski definition) is 1. The van der Waals surface area contributed by atoms with E-state index in [0.29, 0.717) is 23.7 Å². The summed E-state index contributed by atoms with van der Waals surface area (Å²) in [4.78, 5) is 0. The van der Waals surface area contributed by atoms with Crippen molar-refractivity contribution in [3.8, 4) is 0 Å². The highest BCUT2D eigenvalue weighted by Gasteiger charge is 2.42. The van der Waals surface area contributed by atoms with Gasteiger partial charge < -0.3 is 4.74 Å². The van der Waals surface area contributed by atoms with Crippen molar-refractivity contribution in [2.75, 3.05) is 0 Å². The summed E-state index contributed by atoms with van der Waals surface area (Å²) in [7, 11) is 0. The quantitative estimate of drug-likeness (QED) is 0.349. The van der Waals surface area contributed by atoms with Gasteiger partial charge in [0.05, 0.1) is 12.2 Å². The molecule has 204 valence electrons. The topological polar surface area (TPSA) is 9.23 Å². The molecule has 0 heterocycles. The number of rotatable bonds is 8. The summed E-state index contributed by atoms with van der Waals surface area (Å²) in [6, 6.07) is 18.1. The van der Waals surface area contributed by atoms with E-state index in [1.807, 2.05) is 0 Å². The molecule has 0 bridgehead atoms. The molecule has 2 aromatic rings. The minimum absolute atomic E-state index is 0.147. The Morgan fingerprint density at radius 3 is 1.32 bits per heavy atom. The molecule has 0 spiro atoms. The molecule has 0 aliphatic heterocycles. The van der Waals surface area contributed by atoms with Gasteiger partial charge in [-0.05, 0) is 109 Å². The molecule has 2 aliphatic carbocycles. The van der Waals surface area contributed by atoms with Crippen molar-refractivity contribution in [3.05, 3.63) is 70.8 Å². The highest BCUT2D eigenvalue weighted by atomic mass is 16.5. The van der Waals surface area contributed by atoms with Gasteiger partial charge in [-0.3, -0.25) is 0 Å². The highest BCUT2D eigenvalue weighted by molar-refractivity contribution is 5.31. The maximum atomic E-state index is 7.66. The van der Waals surface area contributed by atoms with E-state index >= 15 is 0 Å². The van der Waals surface area contributed by atoms with E-state index in [4.69, 9.17) is 4.74 Å². The molecular weight excluding hydrogens is 448 g/mol. The molecule has 1 heteroatoms. The number of hydrogen-bond donors (Lipinski definition) is 0. The normalized spacial score (nSPS) is 30.4. The van der Waals surface area contributed by atoms with E-state index in [1.165, 1.54) is 60.8 Å². The smallest absolute Gasteiger partial charge is 0.0866 e. The zero-order valence-corrected chi connectivity index (χ0v) is 25.0. The van der Waals surface area contributed by atoms with E-state index < -0.39 is 0 Å². The predicted octanol–water partition coefficient (Wildman–Crippen LogP) is 10.5. The van der Waals surface area contributed by atoms with E-state index in [2.05, 4.69) is 104 Å². The van der Waals surface area contributed by atoms with Gasteiger partial charge in [0.25, 0.3) is 0 Å². The lowest BCUT2D eigenvalue weighted by Gasteiger charge is -2.45. The van der Waals surface area contributed by atoms with E-state index in [-0.39, 0.29) is 12.2 Å². The van der Waals surface area contributed by atoms with Gasteiger partial charge >= 0.3 is 0 Å². The third-order valence-electron chi connectivity index (χ3n) is 10.5. The van der Waals surface area contributed by atoms with E-state index in [0.717, 1.165) is 23.7 Å². The third-order valence-corrected chi connectivity index (χ3v) is 10.5. The fraction of sp³-hybridized carbons (Fsp3) is 0.667. The molecule has 0 saturated heterocycles. The monoisotopic (exact) mass is 502 g/mol. The Morgan fingerprint density at radius 1 is 0.595 bits per heavy atom. The van der Waals surface area contributed by atoms with Crippen molar-refractivity contribution in [2.24, 2.45) is 47.3 Å². The summed E-state index contributed by atoms with van der Waals surface area (Å²) in [6.07, 6.45) is 8.25. The number of benzene rings is 2. The van der Waals surface area contributed by atoms with Crippen LogP contribution in [-0.2, 0) is 4.74 Å². The van der Waals surface area contributed by atoms with Gasteiger partial charge in [0.2, 0.25) is 0 Å². The van der Waals surface area contributed by atoms with Crippen LogP contribution in [0.25, 0.3) is 0 Å². The molecule has 4 rings (SSSR count). The van der Waals surface area contributed by atoms with Gasteiger partial charge in [-0.1, -0.05) is 103 Å². The van der Waals surface area contributed by atoms with Crippen LogP contribution in [0.2, 0.25) is 0 Å². The molecular formula is C36H54O. The SMILES string of the molecule is Cc1ccccc1C(OC(c1ccccc1C)C1CC(C(C)C)CCC1C)C1CC(C(C)C)CCC1C.